The van der Waals surface area contributed by atoms with E-state index in [2.05, 4.69) is 19.9 Å². The Balaban J connectivity index is 0.00000312. The Morgan fingerprint density at radius 1 is 0.960 bits per heavy atom. The number of hydrogen-bond donors (Lipinski definition) is 0. The van der Waals surface area contributed by atoms with Crippen LogP contribution in [0.2, 0.25) is 0 Å². The molecule has 1 unspecified atom stereocenters. The number of hydrogen-bond acceptors (Lipinski definition) is 3. The number of carbonyl (C=O) groups excluding carboxylic acids is 1. The zero-order valence-electron chi connectivity index (χ0n) is 16.0. The molecule has 3 nitrogen and oxygen atoms in total. The maximum Gasteiger partial charge on any atom is 0.186 e. The first-order chi connectivity index (χ1) is 11.4. The Bertz CT molecular complexity index is 727. The van der Waals surface area contributed by atoms with Crippen molar-refractivity contribution >= 4 is 38.3 Å². The number of carbonyl (C=O) groups is 1. The summed E-state index contributed by atoms with van der Waals surface area (Å²) in [6.07, 6.45) is 0. The molecule has 0 saturated heterocycles. The van der Waals surface area contributed by atoms with E-state index < -0.39 is 0 Å². The maximum absolute atomic E-state index is 12.8. The second-order valence-electron chi connectivity index (χ2n) is 5.96. The molecule has 129 valence electrons. The van der Waals surface area contributed by atoms with Gasteiger partial charge < -0.3 is 9.47 Å². The van der Waals surface area contributed by atoms with Gasteiger partial charge in [0.2, 0.25) is 0 Å². The van der Waals surface area contributed by atoms with Gasteiger partial charge in [-0.1, -0.05) is 18.2 Å². The van der Waals surface area contributed by atoms with E-state index in [0.29, 0.717) is 13.2 Å². The third-order valence-corrected chi connectivity index (χ3v) is 5.35. The molecule has 0 saturated carbocycles. The van der Waals surface area contributed by atoms with Crippen molar-refractivity contribution in [3.8, 4) is 5.75 Å². The van der Waals surface area contributed by atoms with Crippen molar-refractivity contribution in [1.29, 1.82) is 0 Å². The zero-order valence-corrected chi connectivity index (χ0v) is 17.0. The molecule has 0 bridgehead atoms. The van der Waals surface area contributed by atoms with Gasteiger partial charge in [-0.05, 0) is 76.0 Å². The molecule has 0 aliphatic rings. The first-order valence-corrected chi connectivity index (χ1v) is 9.04. The first kappa shape index (κ1) is 21.9. The summed E-state index contributed by atoms with van der Waals surface area (Å²) in [5, 5.41) is 1.02. The molecule has 5 heteroatoms. The first-order valence-electron chi connectivity index (χ1n) is 8.04. The van der Waals surface area contributed by atoms with Crippen LogP contribution in [0.5, 0.6) is 5.75 Å². The molecular weight excluding hydrogens is 326 g/mol. The molecule has 0 aromatic heterocycles. The summed E-state index contributed by atoms with van der Waals surface area (Å²) in [5.74, 6) is 0.798. The standard InChI is InChI=1S/C20H25O3P.Li/c1-13-12-14(2)19(16(4)15(13)3)20(21)24-18-8-6-17(7-9-18)23-11-10-22-5;/h6-9,12,24H,10-11H2,1-5H3;. The van der Waals surface area contributed by atoms with Crippen molar-refractivity contribution in [1.82, 2.24) is 0 Å². The quantitative estimate of drug-likeness (QED) is 0.433. The number of ether oxygens (including phenoxy) is 2. The summed E-state index contributed by atoms with van der Waals surface area (Å²) in [6.45, 7) is 9.32. The molecule has 0 amide bonds. The van der Waals surface area contributed by atoms with E-state index in [1.807, 2.05) is 38.1 Å². The van der Waals surface area contributed by atoms with Crippen LogP contribution in [0.4, 0.5) is 0 Å². The summed E-state index contributed by atoms with van der Waals surface area (Å²) in [4.78, 5) is 12.8. The van der Waals surface area contributed by atoms with Gasteiger partial charge in [0.05, 0.1) is 6.61 Å². The molecule has 2 aromatic carbocycles. The van der Waals surface area contributed by atoms with E-state index in [0.717, 1.165) is 27.7 Å². The summed E-state index contributed by atoms with van der Waals surface area (Å²) < 4.78 is 10.5. The minimum atomic E-state index is 0. The van der Waals surface area contributed by atoms with Crippen molar-refractivity contribution in [3.63, 3.8) is 0 Å². The van der Waals surface area contributed by atoms with Gasteiger partial charge in [-0.15, -0.1) is 0 Å². The Morgan fingerprint density at radius 3 is 2.20 bits per heavy atom. The largest absolute Gasteiger partial charge is 0.491 e. The van der Waals surface area contributed by atoms with E-state index in [-0.39, 0.29) is 33.0 Å². The molecule has 0 heterocycles. The number of benzene rings is 2. The smallest absolute Gasteiger partial charge is 0.186 e. The fraction of sp³-hybridized carbons (Fsp3) is 0.350. The van der Waals surface area contributed by atoms with E-state index in [1.54, 1.807) is 7.11 Å². The summed E-state index contributed by atoms with van der Waals surface area (Å²) in [7, 11) is 1.77. The fourth-order valence-electron chi connectivity index (χ4n) is 2.70. The van der Waals surface area contributed by atoms with Gasteiger partial charge in [0.25, 0.3) is 0 Å². The van der Waals surface area contributed by atoms with E-state index >= 15 is 0 Å². The van der Waals surface area contributed by atoms with Crippen molar-refractivity contribution < 1.29 is 14.3 Å². The SMILES string of the molecule is COCCOc1ccc(PC(=O)c2c(C)cc(C)c(C)c2C)cc1.[Li]. The Kier molecular flexibility index (Phi) is 8.90. The van der Waals surface area contributed by atoms with Gasteiger partial charge >= 0.3 is 0 Å². The zero-order chi connectivity index (χ0) is 17.7. The van der Waals surface area contributed by atoms with Crippen LogP contribution in [-0.2, 0) is 4.74 Å². The normalized spacial score (nSPS) is 10.8. The van der Waals surface area contributed by atoms with Gasteiger partial charge in [0.1, 0.15) is 12.4 Å². The second-order valence-corrected chi connectivity index (χ2v) is 7.24. The average Bonchev–Trinajstić information content (AvgIpc) is 2.54. The molecule has 2 aromatic rings. The van der Waals surface area contributed by atoms with Gasteiger partial charge in [0, 0.05) is 31.5 Å². The molecule has 25 heavy (non-hydrogen) atoms. The monoisotopic (exact) mass is 351 g/mol. The van der Waals surface area contributed by atoms with Crippen LogP contribution in [0, 0.1) is 27.7 Å². The van der Waals surface area contributed by atoms with Gasteiger partial charge in [-0.25, -0.2) is 0 Å². The second kappa shape index (κ2) is 10.1. The summed E-state index contributed by atoms with van der Waals surface area (Å²) >= 11 is 0. The molecule has 0 fully saturated rings. The van der Waals surface area contributed by atoms with Crippen LogP contribution in [-0.4, -0.2) is 44.7 Å². The van der Waals surface area contributed by atoms with Gasteiger partial charge in [0.15, 0.2) is 5.52 Å². The Morgan fingerprint density at radius 2 is 1.60 bits per heavy atom. The van der Waals surface area contributed by atoms with E-state index in [1.165, 1.54) is 11.1 Å². The third-order valence-electron chi connectivity index (χ3n) is 4.25. The fourth-order valence-corrected chi connectivity index (χ4v) is 3.81. The maximum atomic E-state index is 12.8. The molecule has 1 atom stereocenters. The van der Waals surface area contributed by atoms with Crippen molar-refractivity contribution in [2.75, 3.05) is 20.3 Å². The van der Waals surface area contributed by atoms with Crippen molar-refractivity contribution in [2.24, 2.45) is 0 Å². The molecule has 0 spiro atoms. The third kappa shape index (κ3) is 5.70. The van der Waals surface area contributed by atoms with E-state index in [9.17, 15) is 4.79 Å². The van der Waals surface area contributed by atoms with Crippen molar-refractivity contribution in [3.05, 3.63) is 58.1 Å². The van der Waals surface area contributed by atoms with Crippen LogP contribution >= 0.6 is 8.58 Å². The minimum Gasteiger partial charge on any atom is -0.491 e. The van der Waals surface area contributed by atoms with E-state index in [4.69, 9.17) is 9.47 Å². The molecular formula is C20H25LiO3P. The molecule has 0 N–H and O–H groups in total. The topological polar surface area (TPSA) is 35.5 Å². The number of aryl methyl sites for hydroxylation is 2. The Hall–Kier alpha value is -1.10. The van der Waals surface area contributed by atoms with Crippen LogP contribution in [0.15, 0.2) is 30.3 Å². The Labute approximate surface area is 164 Å². The minimum absolute atomic E-state index is 0. The van der Waals surface area contributed by atoms with Gasteiger partial charge in [-0.3, -0.25) is 4.79 Å². The number of methoxy groups -OCH3 is 1. The van der Waals surface area contributed by atoms with Gasteiger partial charge in [-0.2, -0.15) is 0 Å². The molecule has 2 rings (SSSR count). The predicted octanol–water partition coefficient (Wildman–Crippen LogP) is 3.71. The van der Waals surface area contributed by atoms with Crippen LogP contribution in [0.1, 0.15) is 32.6 Å². The van der Waals surface area contributed by atoms with Crippen LogP contribution in [0.25, 0.3) is 0 Å². The number of rotatable bonds is 7. The van der Waals surface area contributed by atoms with Crippen LogP contribution < -0.4 is 10.0 Å². The van der Waals surface area contributed by atoms with Crippen molar-refractivity contribution in [2.45, 2.75) is 27.7 Å². The molecule has 0 aliphatic heterocycles. The van der Waals surface area contributed by atoms with Crippen LogP contribution in [0.3, 0.4) is 0 Å². The summed E-state index contributed by atoms with van der Waals surface area (Å²) in [6, 6.07) is 9.85. The molecule has 1 radical (unpaired) electrons. The predicted molar refractivity (Wildman–Crippen MR) is 107 cm³/mol. The average molecular weight is 351 g/mol. The molecule has 0 aliphatic carbocycles. The summed E-state index contributed by atoms with van der Waals surface area (Å²) in [5.41, 5.74) is 5.67.